The smallest absolute Gasteiger partial charge is 0.220 e. The van der Waals surface area contributed by atoms with Gasteiger partial charge in [-0.25, -0.2) is 0 Å². The van der Waals surface area contributed by atoms with Crippen molar-refractivity contribution in [1.82, 2.24) is 5.32 Å². The molecule has 2 aliphatic rings. The second-order valence-electron chi connectivity index (χ2n) is 7.73. The van der Waals surface area contributed by atoms with Gasteiger partial charge in [0.05, 0.1) is 0 Å². The average Bonchev–Trinajstić information content (AvgIpc) is 3.06. The average molecular weight is 303 g/mol. The maximum absolute atomic E-state index is 12.2. The SMILES string of the molecule is CC1CC(CC(=O)NC(CN)C2CC2)CC(C)(C)C1.Cl. The molecule has 2 fully saturated rings. The van der Waals surface area contributed by atoms with Crippen molar-refractivity contribution in [1.29, 1.82) is 0 Å². The quantitative estimate of drug-likeness (QED) is 0.820. The van der Waals surface area contributed by atoms with Gasteiger partial charge in [-0.15, -0.1) is 12.4 Å². The summed E-state index contributed by atoms with van der Waals surface area (Å²) in [7, 11) is 0. The molecule has 2 saturated carbocycles. The summed E-state index contributed by atoms with van der Waals surface area (Å²) in [6.07, 6.45) is 6.83. The summed E-state index contributed by atoms with van der Waals surface area (Å²) in [4.78, 5) is 12.2. The number of halogens is 1. The number of nitrogens with one attached hydrogen (secondary N) is 1. The van der Waals surface area contributed by atoms with Crippen LogP contribution in [0.4, 0.5) is 0 Å². The molecule has 0 aromatic heterocycles. The van der Waals surface area contributed by atoms with Gasteiger partial charge in [0, 0.05) is 19.0 Å². The second kappa shape index (κ2) is 7.13. The van der Waals surface area contributed by atoms with E-state index >= 15 is 0 Å². The third-order valence-corrected chi connectivity index (χ3v) is 4.74. The van der Waals surface area contributed by atoms with Gasteiger partial charge >= 0.3 is 0 Å². The molecule has 2 rings (SSSR count). The van der Waals surface area contributed by atoms with Gasteiger partial charge in [0.1, 0.15) is 0 Å². The van der Waals surface area contributed by atoms with E-state index in [-0.39, 0.29) is 24.4 Å². The Hall–Kier alpha value is -0.280. The largest absolute Gasteiger partial charge is 0.352 e. The Bertz CT molecular complexity index is 328. The van der Waals surface area contributed by atoms with Crippen molar-refractivity contribution >= 4 is 18.3 Å². The van der Waals surface area contributed by atoms with E-state index in [1.165, 1.54) is 32.1 Å². The molecule has 0 heterocycles. The van der Waals surface area contributed by atoms with Gasteiger partial charge in [0.25, 0.3) is 0 Å². The normalized spacial score (nSPS) is 30.2. The summed E-state index contributed by atoms with van der Waals surface area (Å²) in [6.45, 7) is 7.57. The second-order valence-corrected chi connectivity index (χ2v) is 7.73. The zero-order valence-corrected chi connectivity index (χ0v) is 14.0. The van der Waals surface area contributed by atoms with E-state index in [1.807, 2.05) is 0 Å². The first kappa shape index (κ1) is 17.8. The summed E-state index contributed by atoms with van der Waals surface area (Å²) in [5.41, 5.74) is 6.14. The highest BCUT2D eigenvalue weighted by Crippen LogP contribution is 2.42. The maximum atomic E-state index is 12.2. The number of rotatable bonds is 5. The molecule has 3 nitrogen and oxygen atoms in total. The van der Waals surface area contributed by atoms with Gasteiger partial charge in [0.15, 0.2) is 0 Å². The molecule has 0 radical (unpaired) electrons. The van der Waals surface area contributed by atoms with Crippen LogP contribution in [0.25, 0.3) is 0 Å². The first-order valence-electron chi connectivity index (χ1n) is 7.89. The van der Waals surface area contributed by atoms with Gasteiger partial charge < -0.3 is 11.1 Å². The predicted octanol–water partition coefficient (Wildman–Crippen LogP) is 3.11. The van der Waals surface area contributed by atoms with Crippen LogP contribution in [0.1, 0.15) is 59.3 Å². The molecule has 0 saturated heterocycles. The molecule has 0 bridgehead atoms. The fourth-order valence-corrected chi connectivity index (χ4v) is 4.10. The summed E-state index contributed by atoms with van der Waals surface area (Å²) in [5, 5.41) is 3.15. The minimum absolute atomic E-state index is 0. The number of nitrogens with two attached hydrogens (primary N) is 1. The van der Waals surface area contributed by atoms with Gasteiger partial charge in [0.2, 0.25) is 5.91 Å². The molecular formula is C16H31ClN2O. The molecule has 3 unspecified atom stereocenters. The van der Waals surface area contributed by atoms with Crippen LogP contribution in [0.3, 0.4) is 0 Å². The van der Waals surface area contributed by atoms with Gasteiger partial charge in [-0.05, 0) is 55.3 Å². The summed E-state index contributed by atoms with van der Waals surface area (Å²) >= 11 is 0. The zero-order valence-electron chi connectivity index (χ0n) is 13.2. The Morgan fingerprint density at radius 2 is 2.00 bits per heavy atom. The molecule has 118 valence electrons. The molecule has 0 aliphatic heterocycles. The van der Waals surface area contributed by atoms with Gasteiger partial charge in [-0.1, -0.05) is 20.8 Å². The van der Waals surface area contributed by atoms with E-state index in [0.717, 1.165) is 5.92 Å². The van der Waals surface area contributed by atoms with Crippen molar-refractivity contribution in [3.8, 4) is 0 Å². The number of hydrogen-bond acceptors (Lipinski definition) is 2. The molecule has 2 aliphatic carbocycles. The zero-order chi connectivity index (χ0) is 14.0. The van der Waals surface area contributed by atoms with Crippen LogP contribution in [0.2, 0.25) is 0 Å². The van der Waals surface area contributed by atoms with Crippen LogP contribution in [-0.2, 0) is 4.79 Å². The monoisotopic (exact) mass is 302 g/mol. The molecule has 0 aromatic rings. The molecule has 4 heteroatoms. The van der Waals surface area contributed by atoms with Gasteiger partial charge in [-0.2, -0.15) is 0 Å². The van der Waals surface area contributed by atoms with Crippen molar-refractivity contribution in [2.75, 3.05) is 6.54 Å². The molecule has 1 amide bonds. The molecule has 0 spiro atoms. The third-order valence-electron chi connectivity index (χ3n) is 4.74. The lowest BCUT2D eigenvalue weighted by Crippen LogP contribution is -2.43. The summed E-state index contributed by atoms with van der Waals surface area (Å²) in [6, 6.07) is 0.224. The van der Waals surface area contributed by atoms with Crippen LogP contribution in [0, 0.1) is 23.2 Å². The van der Waals surface area contributed by atoms with Crippen LogP contribution in [-0.4, -0.2) is 18.5 Å². The van der Waals surface area contributed by atoms with E-state index < -0.39 is 0 Å². The van der Waals surface area contributed by atoms with Crippen LogP contribution in [0.5, 0.6) is 0 Å². The summed E-state index contributed by atoms with van der Waals surface area (Å²) in [5.74, 6) is 2.17. The molecule has 0 aromatic carbocycles. The standard InChI is InChI=1S/C16H30N2O.ClH/c1-11-6-12(9-16(2,3)8-11)7-15(19)18-14(10-17)13-4-5-13;/h11-14H,4-10,17H2,1-3H3,(H,18,19);1H. The number of carbonyl (C=O) groups excluding carboxylic acids is 1. The maximum Gasteiger partial charge on any atom is 0.220 e. The van der Waals surface area contributed by atoms with E-state index in [2.05, 4.69) is 26.1 Å². The highest BCUT2D eigenvalue weighted by atomic mass is 35.5. The molecule has 20 heavy (non-hydrogen) atoms. The van der Waals surface area contributed by atoms with Crippen molar-refractivity contribution < 1.29 is 4.79 Å². The van der Waals surface area contributed by atoms with Crippen LogP contribution < -0.4 is 11.1 Å². The Labute approximate surface area is 129 Å². The van der Waals surface area contributed by atoms with Crippen molar-refractivity contribution in [3.63, 3.8) is 0 Å². The van der Waals surface area contributed by atoms with E-state index in [4.69, 9.17) is 5.73 Å². The lowest BCUT2D eigenvalue weighted by Gasteiger charge is -2.39. The fourth-order valence-electron chi connectivity index (χ4n) is 4.10. The van der Waals surface area contributed by atoms with E-state index in [9.17, 15) is 4.79 Å². The van der Waals surface area contributed by atoms with Crippen LogP contribution in [0.15, 0.2) is 0 Å². The first-order valence-corrected chi connectivity index (χ1v) is 7.89. The fraction of sp³-hybridized carbons (Fsp3) is 0.938. The van der Waals surface area contributed by atoms with Crippen molar-refractivity contribution in [3.05, 3.63) is 0 Å². The lowest BCUT2D eigenvalue weighted by atomic mass is 9.67. The number of hydrogen-bond donors (Lipinski definition) is 2. The van der Waals surface area contributed by atoms with Gasteiger partial charge in [-0.3, -0.25) is 4.79 Å². The Morgan fingerprint density at radius 1 is 1.35 bits per heavy atom. The minimum Gasteiger partial charge on any atom is -0.352 e. The Balaban J connectivity index is 0.00000200. The highest BCUT2D eigenvalue weighted by molar-refractivity contribution is 5.85. The molecular weight excluding hydrogens is 272 g/mol. The first-order chi connectivity index (χ1) is 8.89. The summed E-state index contributed by atoms with van der Waals surface area (Å²) < 4.78 is 0. The third kappa shape index (κ3) is 5.25. The van der Waals surface area contributed by atoms with E-state index in [1.54, 1.807) is 0 Å². The molecule has 3 N–H and O–H groups in total. The molecule has 3 atom stereocenters. The van der Waals surface area contributed by atoms with Crippen molar-refractivity contribution in [2.24, 2.45) is 28.9 Å². The predicted molar refractivity (Wildman–Crippen MR) is 85.9 cm³/mol. The Kier molecular flexibility index (Phi) is 6.33. The van der Waals surface area contributed by atoms with E-state index in [0.29, 0.717) is 30.2 Å². The topological polar surface area (TPSA) is 55.1 Å². The number of amides is 1. The highest BCUT2D eigenvalue weighted by Gasteiger charge is 2.34. The number of carbonyl (C=O) groups is 1. The van der Waals surface area contributed by atoms with Crippen LogP contribution >= 0.6 is 12.4 Å². The minimum atomic E-state index is 0. The van der Waals surface area contributed by atoms with Crippen molar-refractivity contribution in [2.45, 2.75) is 65.3 Å². The lowest BCUT2D eigenvalue weighted by molar-refractivity contribution is -0.123. The Morgan fingerprint density at radius 3 is 2.50 bits per heavy atom.